The van der Waals surface area contributed by atoms with E-state index >= 15 is 0 Å². The van der Waals surface area contributed by atoms with Gasteiger partial charge in [0, 0.05) is 59.5 Å². The van der Waals surface area contributed by atoms with E-state index in [1.807, 2.05) is 75.4 Å². The summed E-state index contributed by atoms with van der Waals surface area (Å²) in [7, 11) is 0. The van der Waals surface area contributed by atoms with Gasteiger partial charge in [0.05, 0.1) is 6.04 Å². The highest BCUT2D eigenvalue weighted by Gasteiger charge is 2.32. The standard InChI is InChI=1S/C20H26ClN5O2.C15H18ClN5/c1-20(2,3)28-19(27)26-11-5-8-16(26)13-23-17-9-10-22-18(25-17)24-15-7-4-6-14(21)12-15;16-11-3-1-4-12(9-11)20-15-18-8-6-14(21-15)19-10-13-5-2-7-17-13/h4,6-7,9-10,12,16H,5,8,11,13H2,1-3H3,(H2,22,23,24,25);1,3-4,6,8-9,13,17H,2,5,7,10H2,(H2,18,19,20,21)/t16-;13-/m00/s1. The van der Waals surface area contributed by atoms with Crippen LogP contribution in [0.15, 0.2) is 73.1 Å². The number of aromatic nitrogens is 4. The molecule has 0 spiro atoms. The first-order valence-electron chi connectivity index (χ1n) is 16.5. The molecule has 6 rings (SSSR count). The molecule has 0 unspecified atom stereocenters. The zero-order chi connectivity index (χ0) is 34.6. The summed E-state index contributed by atoms with van der Waals surface area (Å²) in [4.78, 5) is 31.6. The highest BCUT2D eigenvalue weighted by atomic mass is 35.5. The maximum absolute atomic E-state index is 12.4. The Kier molecular flexibility index (Phi) is 12.7. The Morgan fingerprint density at radius 3 is 1.98 bits per heavy atom. The van der Waals surface area contributed by atoms with Crippen molar-refractivity contribution in [2.24, 2.45) is 0 Å². The number of carbonyl (C=O) groups is 1. The van der Waals surface area contributed by atoms with Gasteiger partial charge in [0.25, 0.3) is 0 Å². The van der Waals surface area contributed by atoms with E-state index in [2.05, 4.69) is 46.5 Å². The molecule has 5 N–H and O–H groups in total. The molecule has 49 heavy (non-hydrogen) atoms. The molecule has 4 aromatic rings. The number of ether oxygens (including phenoxy) is 1. The Bertz CT molecular complexity index is 1670. The number of nitrogens with zero attached hydrogens (tertiary/aromatic N) is 5. The second-order valence-electron chi connectivity index (χ2n) is 12.8. The van der Waals surface area contributed by atoms with Gasteiger partial charge in [0.1, 0.15) is 17.2 Å². The van der Waals surface area contributed by atoms with Crippen LogP contribution in [-0.2, 0) is 4.74 Å². The summed E-state index contributed by atoms with van der Waals surface area (Å²) in [5, 5.41) is 17.7. The van der Waals surface area contributed by atoms with Crippen LogP contribution in [0.3, 0.4) is 0 Å². The first-order chi connectivity index (χ1) is 23.6. The molecule has 2 atom stereocenters. The van der Waals surface area contributed by atoms with Crippen LogP contribution in [0.25, 0.3) is 0 Å². The summed E-state index contributed by atoms with van der Waals surface area (Å²) >= 11 is 12.0. The molecule has 2 aromatic carbocycles. The van der Waals surface area contributed by atoms with Gasteiger partial charge in [0.2, 0.25) is 11.9 Å². The monoisotopic (exact) mass is 706 g/mol. The normalized spacial score (nSPS) is 17.1. The average molecular weight is 708 g/mol. The van der Waals surface area contributed by atoms with Gasteiger partial charge in [-0.25, -0.2) is 14.8 Å². The first kappa shape index (κ1) is 35.9. The summed E-state index contributed by atoms with van der Waals surface area (Å²) in [6, 6.07) is 19.1. The van der Waals surface area contributed by atoms with Crippen LogP contribution < -0.4 is 26.6 Å². The Hall–Kier alpha value is -4.39. The second kappa shape index (κ2) is 17.3. The smallest absolute Gasteiger partial charge is 0.410 e. The number of hydrogen-bond donors (Lipinski definition) is 5. The Morgan fingerprint density at radius 1 is 0.857 bits per heavy atom. The predicted molar refractivity (Wildman–Crippen MR) is 197 cm³/mol. The highest BCUT2D eigenvalue weighted by molar-refractivity contribution is 6.31. The van der Waals surface area contributed by atoms with Crippen LogP contribution in [0.1, 0.15) is 46.5 Å². The topological polar surface area (TPSA) is 141 Å². The Balaban J connectivity index is 0.000000199. The molecule has 2 fully saturated rings. The van der Waals surface area contributed by atoms with Crippen molar-refractivity contribution in [2.45, 2.75) is 64.1 Å². The number of nitrogens with one attached hydrogen (secondary N) is 5. The number of hydrogen-bond acceptors (Lipinski definition) is 11. The average Bonchev–Trinajstić information content (AvgIpc) is 3.76. The SMILES string of the molecule is CC(C)(C)OC(=O)N1CCC[C@H]1CNc1ccnc(Nc2cccc(Cl)c2)n1.Clc1cccc(Nc2nccc(NC[C@@H]3CCCN3)n2)c1. The fourth-order valence-corrected chi connectivity index (χ4v) is 5.80. The van der Waals surface area contributed by atoms with Crippen LogP contribution in [0.2, 0.25) is 10.0 Å². The molecule has 14 heteroatoms. The van der Waals surface area contributed by atoms with Crippen LogP contribution in [0.5, 0.6) is 0 Å². The minimum atomic E-state index is -0.495. The largest absolute Gasteiger partial charge is 0.444 e. The van der Waals surface area contributed by atoms with Gasteiger partial charge in [-0.2, -0.15) is 9.97 Å². The van der Waals surface area contributed by atoms with Crippen molar-refractivity contribution >= 4 is 64.2 Å². The summed E-state index contributed by atoms with van der Waals surface area (Å²) in [6.45, 7) is 8.95. The van der Waals surface area contributed by atoms with Gasteiger partial charge in [-0.15, -0.1) is 0 Å². The minimum Gasteiger partial charge on any atom is -0.444 e. The van der Waals surface area contributed by atoms with Crippen molar-refractivity contribution in [2.75, 3.05) is 47.4 Å². The molecule has 2 aliphatic rings. The summed E-state index contributed by atoms with van der Waals surface area (Å²) < 4.78 is 5.51. The fraction of sp³-hybridized carbons (Fsp3) is 0.400. The number of halogens is 2. The molecule has 2 aromatic heterocycles. The number of rotatable bonds is 10. The van der Waals surface area contributed by atoms with Crippen LogP contribution in [0, 0.1) is 0 Å². The van der Waals surface area contributed by atoms with E-state index in [1.165, 1.54) is 12.8 Å². The lowest BCUT2D eigenvalue weighted by atomic mass is 10.2. The molecule has 0 saturated carbocycles. The number of likely N-dealkylation sites (tertiary alicyclic amines) is 1. The molecule has 260 valence electrons. The zero-order valence-corrected chi connectivity index (χ0v) is 29.6. The zero-order valence-electron chi connectivity index (χ0n) is 28.0. The third-order valence-electron chi connectivity index (χ3n) is 7.69. The molecule has 2 saturated heterocycles. The first-order valence-corrected chi connectivity index (χ1v) is 17.3. The molecule has 0 aliphatic carbocycles. The van der Waals surface area contributed by atoms with Gasteiger partial charge < -0.3 is 36.2 Å². The molecule has 12 nitrogen and oxygen atoms in total. The number of carbonyl (C=O) groups excluding carboxylic acids is 1. The van der Waals surface area contributed by atoms with E-state index in [4.69, 9.17) is 27.9 Å². The van der Waals surface area contributed by atoms with E-state index in [0.717, 1.165) is 43.1 Å². The van der Waals surface area contributed by atoms with Crippen molar-refractivity contribution in [3.05, 3.63) is 83.1 Å². The number of benzene rings is 2. The maximum Gasteiger partial charge on any atom is 0.410 e. The van der Waals surface area contributed by atoms with Gasteiger partial charge >= 0.3 is 6.09 Å². The maximum atomic E-state index is 12.4. The number of amides is 1. The van der Waals surface area contributed by atoms with Crippen molar-refractivity contribution in [1.82, 2.24) is 30.2 Å². The van der Waals surface area contributed by atoms with E-state index in [9.17, 15) is 4.79 Å². The summed E-state index contributed by atoms with van der Waals surface area (Å²) in [5.74, 6) is 2.54. The van der Waals surface area contributed by atoms with Crippen molar-refractivity contribution in [3.63, 3.8) is 0 Å². The Labute approximate surface area is 297 Å². The predicted octanol–water partition coefficient (Wildman–Crippen LogP) is 7.72. The molecule has 0 radical (unpaired) electrons. The number of anilines is 6. The van der Waals surface area contributed by atoms with E-state index < -0.39 is 5.60 Å². The lowest BCUT2D eigenvalue weighted by Crippen LogP contribution is -2.42. The lowest BCUT2D eigenvalue weighted by Gasteiger charge is -2.28. The van der Waals surface area contributed by atoms with Gasteiger partial charge in [-0.05, 0) is 102 Å². The summed E-state index contributed by atoms with van der Waals surface area (Å²) in [6.07, 6.45) is 7.53. The fourth-order valence-electron chi connectivity index (χ4n) is 5.42. The second-order valence-corrected chi connectivity index (χ2v) is 13.7. The molecule has 4 heterocycles. The van der Waals surface area contributed by atoms with Gasteiger partial charge in [-0.3, -0.25) is 0 Å². The molecule has 1 amide bonds. The summed E-state index contributed by atoms with van der Waals surface area (Å²) in [5.41, 5.74) is 1.19. The minimum absolute atomic E-state index is 0.0779. The van der Waals surface area contributed by atoms with Crippen LogP contribution in [-0.4, -0.2) is 74.8 Å². The Morgan fingerprint density at radius 2 is 1.45 bits per heavy atom. The third-order valence-corrected chi connectivity index (χ3v) is 8.16. The third kappa shape index (κ3) is 11.9. The molecular weight excluding hydrogens is 663 g/mol. The van der Waals surface area contributed by atoms with Crippen molar-refractivity contribution < 1.29 is 9.53 Å². The highest BCUT2D eigenvalue weighted by Crippen LogP contribution is 2.23. The van der Waals surface area contributed by atoms with Gasteiger partial charge in [-0.1, -0.05) is 35.3 Å². The lowest BCUT2D eigenvalue weighted by molar-refractivity contribution is 0.0235. The van der Waals surface area contributed by atoms with Gasteiger partial charge in [0.15, 0.2) is 0 Å². The van der Waals surface area contributed by atoms with E-state index in [0.29, 0.717) is 46.9 Å². The van der Waals surface area contributed by atoms with Crippen molar-refractivity contribution in [1.29, 1.82) is 0 Å². The molecular formula is C35H44Cl2N10O2. The van der Waals surface area contributed by atoms with Crippen LogP contribution in [0.4, 0.5) is 39.7 Å². The molecule has 2 aliphatic heterocycles. The quantitative estimate of drug-likeness (QED) is 0.111. The van der Waals surface area contributed by atoms with Crippen molar-refractivity contribution in [3.8, 4) is 0 Å². The van der Waals surface area contributed by atoms with E-state index in [-0.39, 0.29) is 12.1 Å². The molecule has 0 bridgehead atoms. The van der Waals surface area contributed by atoms with E-state index in [1.54, 1.807) is 23.4 Å². The van der Waals surface area contributed by atoms with Crippen LogP contribution >= 0.6 is 23.2 Å².